The van der Waals surface area contributed by atoms with Crippen molar-refractivity contribution in [1.29, 1.82) is 0 Å². The largest absolute Gasteiger partial charge is 0.339 e. The average Bonchev–Trinajstić information content (AvgIpc) is 2.82. The summed E-state index contributed by atoms with van der Waals surface area (Å²) in [5.41, 5.74) is 1.63. The Balaban J connectivity index is 1.58. The first kappa shape index (κ1) is 23.0. The number of amides is 1. The van der Waals surface area contributed by atoms with Crippen molar-refractivity contribution in [3.8, 4) is 0 Å². The van der Waals surface area contributed by atoms with E-state index in [0.29, 0.717) is 42.5 Å². The number of aromatic nitrogens is 3. The van der Waals surface area contributed by atoms with Crippen LogP contribution in [0.25, 0.3) is 11.0 Å². The summed E-state index contributed by atoms with van der Waals surface area (Å²) >= 11 is 0. The summed E-state index contributed by atoms with van der Waals surface area (Å²) in [4.78, 5) is 47.4. The van der Waals surface area contributed by atoms with E-state index in [9.17, 15) is 14.4 Å². The van der Waals surface area contributed by atoms with Crippen molar-refractivity contribution in [2.75, 3.05) is 13.1 Å². The zero-order chi connectivity index (χ0) is 23.5. The van der Waals surface area contributed by atoms with Crippen LogP contribution in [-0.2, 0) is 13.0 Å². The molecule has 7 nitrogen and oxygen atoms in total. The SMILES string of the molecule is CCn1c(=O)[nH]c(=O)c2c(C(=O)N3CCC(CCc4ccccc4)CC3)cc(C(C)C)nc21. The summed E-state index contributed by atoms with van der Waals surface area (Å²) in [6.45, 7) is 7.50. The smallest absolute Gasteiger partial charge is 0.329 e. The lowest BCUT2D eigenvalue weighted by atomic mass is 9.90. The summed E-state index contributed by atoms with van der Waals surface area (Å²) in [5.74, 6) is 0.491. The summed E-state index contributed by atoms with van der Waals surface area (Å²) in [6, 6.07) is 12.2. The first-order chi connectivity index (χ1) is 15.9. The first-order valence-corrected chi connectivity index (χ1v) is 11.9. The maximum Gasteiger partial charge on any atom is 0.329 e. The normalized spacial score (nSPS) is 14.8. The molecule has 4 rings (SSSR count). The van der Waals surface area contributed by atoms with E-state index in [-0.39, 0.29) is 17.2 Å². The first-order valence-electron chi connectivity index (χ1n) is 11.9. The molecule has 1 N–H and O–H groups in total. The summed E-state index contributed by atoms with van der Waals surface area (Å²) < 4.78 is 1.43. The molecule has 3 aromatic rings. The van der Waals surface area contributed by atoms with Crippen molar-refractivity contribution in [3.63, 3.8) is 0 Å². The zero-order valence-corrected chi connectivity index (χ0v) is 19.6. The standard InChI is InChI=1S/C26H32N4O3/c1-4-30-23-22(24(31)28-26(30)33)20(16-21(27-23)17(2)3)25(32)29-14-12-19(13-15-29)11-10-18-8-6-5-7-9-18/h5-9,16-17,19H,4,10-15H2,1-3H3,(H,28,31,33). The number of hydrogen-bond donors (Lipinski definition) is 1. The van der Waals surface area contributed by atoms with Gasteiger partial charge in [0.25, 0.3) is 11.5 Å². The summed E-state index contributed by atoms with van der Waals surface area (Å²) in [6.07, 6.45) is 4.07. The molecule has 0 atom stereocenters. The second kappa shape index (κ2) is 9.73. The van der Waals surface area contributed by atoms with Gasteiger partial charge < -0.3 is 4.90 Å². The van der Waals surface area contributed by atoms with E-state index >= 15 is 0 Å². The van der Waals surface area contributed by atoms with Crippen LogP contribution in [0.5, 0.6) is 0 Å². The van der Waals surface area contributed by atoms with Gasteiger partial charge >= 0.3 is 5.69 Å². The quantitative estimate of drug-likeness (QED) is 0.623. The van der Waals surface area contributed by atoms with E-state index in [1.165, 1.54) is 10.1 Å². The van der Waals surface area contributed by atoms with Gasteiger partial charge in [0.05, 0.1) is 10.9 Å². The minimum absolute atomic E-state index is 0.0596. The van der Waals surface area contributed by atoms with Crippen LogP contribution in [0.15, 0.2) is 46.0 Å². The van der Waals surface area contributed by atoms with Gasteiger partial charge in [-0.25, -0.2) is 9.78 Å². The molecule has 7 heteroatoms. The van der Waals surface area contributed by atoms with Gasteiger partial charge in [-0.15, -0.1) is 0 Å². The fourth-order valence-electron chi connectivity index (χ4n) is 4.66. The lowest BCUT2D eigenvalue weighted by Gasteiger charge is -2.32. The number of benzene rings is 1. The second-order valence-electron chi connectivity index (χ2n) is 9.21. The molecule has 0 radical (unpaired) electrons. The van der Waals surface area contributed by atoms with Crippen molar-refractivity contribution in [2.45, 2.75) is 58.9 Å². The monoisotopic (exact) mass is 448 g/mol. The Hall–Kier alpha value is -3.22. The van der Waals surface area contributed by atoms with Crippen LogP contribution < -0.4 is 11.2 Å². The number of aryl methyl sites for hydroxylation is 2. The molecule has 1 amide bonds. The van der Waals surface area contributed by atoms with E-state index in [1.54, 1.807) is 6.07 Å². The lowest BCUT2D eigenvalue weighted by Crippen LogP contribution is -2.40. The molecule has 0 unspecified atom stereocenters. The number of pyridine rings is 1. The molecule has 1 fully saturated rings. The predicted molar refractivity (Wildman–Crippen MR) is 130 cm³/mol. The molecular formula is C26H32N4O3. The number of hydrogen-bond acceptors (Lipinski definition) is 4. The van der Waals surface area contributed by atoms with E-state index in [4.69, 9.17) is 0 Å². The van der Waals surface area contributed by atoms with Crippen molar-refractivity contribution >= 4 is 16.9 Å². The van der Waals surface area contributed by atoms with E-state index in [0.717, 1.165) is 25.7 Å². The Morgan fingerprint density at radius 3 is 2.48 bits per heavy atom. The van der Waals surface area contributed by atoms with Crippen LogP contribution in [0.2, 0.25) is 0 Å². The average molecular weight is 449 g/mol. The van der Waals surface area contributed by atoms with Gasteiger partial charge in [-0.1, -0.05) is 44.2 Å². The molecular weight excluding hydrogens is 416 g/mol. The molecule has 2 aromatic heterocycles. The third-order valence-corrected chi connectivity index (χ3v) is 6.69. The Morgan fingerprint density at radius 2 is 1.85 bits per heavy atom. The zero-order valence-electron chi connectivity index (χ0n) is 19.6. The van der Waals surface area contributed by atoms with Gasteiger partial charge in [0.1, 0.15) is 0 Å². The minimum Gasteiger partial charge on any atom is -0.339 e. The Morgan fingerprint density at radius 1 is 1.15 bits per heavy atom. The van der Waals surface area contributed by atoms with E-state index in [1.807, 2.05) is 31.7 Å². The number of carbonyl (C=O) groups excluding carboxylic acids is 1. The molecule has 3 heterocycles. The molecule has 0 bridgehead atoms. The van der Waals surface area contributed by atoms with Crippen molar-refractivity contribution in [3.05, 3.63) is 74.1 Å². The predicted octanol–water partition coefficient (Wildman–Crippen LogP) is 3.71. The summed E-state index contributed by atoms with van der Waals surface area (Å²) in [7, 11) is 0. The number of nitrogens with one attached hydrogen (secondary N) is 1. The number of H-pyrrole nitrogens is 1. The molecule has 1 aliphatic rings. The fraction of sp³-hybridized carbons (Fsp3) is 0.462. The molecule has 0 spiro atoms. The number of rotatable bonds is 6. The number of nitrogens with zero attached hydrogens (tertiary/aromatic N) is 3. The number of piperidine rings is 1. The van der Waals surface area contributed by atoms with Crippen LogP contribution in [0.4, 0.5) is 0 Å². The highest BCUT2D eigenvalue weighted by Crippen LogP contribution is 2.26. The van der Waals surface area contributed by atoms with Crippen LogP contribution >= 0.6 is 0 Å². The second-order valence-corrected chi connectivity index (χ2v) is 9.21. The number of likely N-dealkylation sites (tertiary alicyclic amines) is 1. The van der Waals surface area contributed by atoms with Crippen molar-refractivity contribution in [2.24, 2.45) is 5.92 Å². The molecule has 1 aromatic carbocycles. The molecule has 1 saturated heterocycles. The Kier molecular flexibility index (Phi) is 6.77. The molecule has 33 heavy (non-hydrogen) atoms. The van der Waals surface area contributed by atoms with Gasteiger partial charge in [0.2, 0.25) is 0 Å². The third kappa shape index (κ3) is 4.77. The maximum absolute atomic E-state index is 13.6. The molecule has 174 valence electrons. The van der Waals surface area contributed by atoms with E-state index < -0.39 is 11.2 Å². The topological polar surface area (TPSA) is 88.1 Å². The van der Waals surface area contributed by atoms with Gasteiger partial charge in [0, 0.05) is 25.3 Å². The summed E-state index contributed by atoms with van der Waals surface area (Å²) in [5, 5.41) is 0.206. The third-order valence-electron chi connectivity index (χ3n) is 6.69. The lowest BCUT2D eigenvalue weighted by molar-refractivity contribution is 0.0688. The number of carbonyl (C=O) groups is 1. The fourth-order valence-corrected chi connectivity index (χ4v) is 4.66. The maximum atomic E-state index is 13.6. The molecule has 0 aliphatic carbocycles. The van der Waals surface area contributed by atoms with Crippen LogP contribution in [0.1, 0.15) is 67.6 Å². The van der Waals surface area contributed by atoms with Crippen LogP contribution in [-0.4, -0.2) is 38.4 Å². The minimum atomic E-state index is -0.552. The number of fused-ring (bicyclic) bond motifs is 1. The highest BCUT2D eigenvalue weighted by molar-refractivity contribution is 6.05. The van der Waals surface area contributed by atoms with Crippen LogP contribution in [0.3, 0.4) is 0 Å². The van der Waals surface area contributed by atoms with Gasteiger partial charge in [-0.3, -0.25) is 19.1 Å². The van der Waals surface area contributed by atoms with E-state index in [2.05, 4.69) is 34.2 Å². The van der Waals surface area contributed by atoms with Crippen molar-refractivity contribution < 1.29 is 4.79 Å². The molecule has 1 aliphatic heterocycles. The molecule has 0 saturated carbocycles. The Bertz CT molecular complexity index is 1250. The van der Waals surface area contributed by atoms with Crippen molar-refractivity contribution in [1.82, 2.24) is 19.4 Å². The van der Waals surface area contributed by atoms with Gasteiger partial charge in [-0.2, -0.15) is 0 Å². The number of aromatic amines is 1. The van der Waals surface area contributed by atoms with Gasteiger partial charge in [-0.05, 0) is 56.1 Å². The highest BCUT2D eigenvalue weighted by Gasteiger charge is 2.27. The Labute approximate surface area is 193 Å². The van der Waals surface area contributed by atoms with Crippen LogP contribution in [0, 0.1) is 5.92 Å². The van der Waals surface area contributed by atoms with Gasteiger partial charge in [0.15, 0.2) is 5.65 Å². The highest BCUT2D eigenvalue weighted by atomic mass is 16.2.